The highest BCUT2D eigenvalue weighted by Crippen LogP contribution is 2.39. The fraction of sp³-hybridized carbons (Fsp3) is 0.385. The third kappa shape index (κ3) is 2.70. The van der Waals surface area contributed by atoms with Gasteiger partial charge in [-0.1, -0.05) is 6.07 Å². The van der Waals surface area contributed by atoms with E-state index in [1.807, 2.05) is 18.2 Å². The summed E-state index contributed by atoms with van der Waals surface area (Å²) >= 11 is 4.94. The molecule has 2 N–H and O–H groups in total. The normalized spacial score (nSPS) is 16.4. The number of aliphatic hydroxyl groups is 1. The number of nitrogens with one attached hydrogen (secondary N) is 1. The molecule has 106 valence electrons. The van der Waals surface area contributed by atoms with Crippen LogP contribution in [-0.2, 0) is 0 Å². The largest absolute Gasteiger partial charge is 0.389 e. The molecule has 0 unspecified atom stereocenters. The Morgan fingerprint density at radius 1 is 1.55 bits per heavy atom. The van der Waals surface area contributed by atoms with Gasteiger partial charge in [-0.2, -0.15) is 0 Å². The van der Waals surface area contributed by atoms with Gasteiger partial charge in [-0.05, 0) is 65.2 Å². The lowest BCUT2D eigenvalue weighted by Crippen LogP contribution is -2.16. The van der Waals surface area contributed by atoms with Crippen molar-refractivity contribution in [1.29, 1.82) is 0 Å². The molecule has 0 bridgehead atoms. The number of aromatic amines is 1. The standard InChI is InChI=1S/C13H14BrN3O2S/c1-7(18)8-2-5-11(10(14)6-8)20-13-16-15-12(19)17(13)9-3-4-9/h2,5-7,9,18H,3-4H2,1H3,(H,15,19)/t7-/m0/s1. The summed E-state index contributed by atoms with van der Waals surface area (Å²) in [5.41, 5.74) is 0.703. The first-order chi connectivity index (χ1) is 9.56. The quantitative estimate of drug-likeness (QED) is 0.884. The molecular formula is C13H14BrN3O2S. The zero-order valence-corrected chi connectivity index (χ0v) is 13.2. The molecule has 5 nitrogen and oxygen atoms in total. The Balaban J connectivity index is 1.90. The zero-order valence-electron chi connectivity index (χ0n) is 10.8. The van der Waals surface area contributed by atoms with Crippen molar-refractivity contribution in [2.75, 3.05) is 0 Å². The third-order valence-electron chi connectivity index (χ3n) is 3.22. The minimum atomic E-state index is -0.500. The Hall–Kier alpha value is -1.05. The first-order valence-corrected chi connectivity index (χ1v) is 7.99. The molecule has 3 rings (SSSR count). The molecule has 1 aliphatic rings. The van der Waals surface area contributed by atoms with Crippen molar-refractivity contribution < 1.29 is 5.11 Å². The number of aliphatic hydroxyl groups excluding tert-OH is 1. The topological polar surface area (TPSA) is 70.9 Å². The second-order valence-electron chi connectivity index (χ2n) is 4.88. The van der Waals surface area contributed by atoms with E-state index in [0.717, 1.165) is 27.8 Å². The van der Waals surface area contributed by atoms with E-state index in [1.165, 1.54) is 11.8 Å². The highest BCUT2D eigenvalue weighted by atomic mass is 79.9. The van der Waals surface area contributed by atoms with E-state index in [1.54, 1.807) is 11.5 Å². The third-order valence-corrected chi connectivity index (χ3v) is 5.19. The number of nitrogens with zero attached hydrogens (tertiary/aromatic N) is 2. The van der Waals surface area contributed by atoms with Gasteiger partial charge >= 0.3 is 5.69 Å². The Morgan fingerprint density at radius 3 is 2.90 bits per heavy atom. The lowest BCUT2D eigenvalue weighted by molar-refractivity contribution is 0.199. The maximum Gasteiger partial charge on any atom is 0.344 e. The van der Waals surface area contributed by atoms with Gasteiger partial charge in [0.2, 0.25) is 0 Å². The number of H-pyrrole nitrogens is 1. The Bertz CT molecular complexity index is 691. The number of rotatable bonds is 4. The van der Waals surface area contributed by atoms with Crippen molar-refractivity contribution in [3.63, 3.8) is 0 Å². The van der Waals surface area contributed by atoms with Gasteiger partial charge in [-0.25, -0.2) is 9.89 Å². The summed E-state index contributed by atoms with van der Waals surface area (Å²) in [5, 5.41) is 16.8. The molecule has 0 spiro atoms. The minimum Gasteiger partial charge on any atom is -0.389 e. The summed E-state index contributed by atoms with van der Waals surface area (Å²) in [7, 11) is 0. The fourth-order valence-electron chi connectivity index (χ4n) is 1.98. The average molecular weight is 356 g/mol. The van der Waals surface area contributed by atoms with Crippen LogP contribution in [0.1, 0.15) is 37.5 Å². The van der Waals surface area contributed by atoms with Crippen molar-refractivity contribution in [1.82, 2.24) is 14.8 Å². The van der Waals surface area contributed by atoms with Gasteiger partial charge in [0.05, 0.1) is 6.10 Å². The SMILES string of the molecule is C[C@H](O)c1ccc(Sc2n[nH]c(=O)n2C2CC2)c(Br)c1. The van der Waals surface area contributed by atoms with Crippen molar-refractivity contribution in [2.45, 2.75) is 42.0 Å². The lowest BCUT2D eigenvalue weighted by atomic mass is 10.1. The van der Waals surface area contributed by atoms with Crippen molar-refractivity contribution in [3.05, 3.63) is 38.7 Å². The van der Waals surface area contributed by atoms with E-state index in [-0.39, 0.29) is 5.69 Å². The molecule has 1 fully saturated rings. The summed E-state index contributed by atoms with van der Waals surface area (Å²) in [6, 6.07) is 5.98. The summed E-state index contributed by atoms with van der Waals surface area (Å²) in [4.78, 5) is 12.7. The molecule has 0 aliphatic heterocycles. The first kappa shape index (κ1) is 13.9. The van der Waals surface area contributed by atoms with E-state index < -0.39 is 6.10 Å². The highest BCUT2D eigenvalue weighted by molar-refractivity contribution is 9.10. The second kappa shape index (κ2) is 5.38. The van der Waals surface area contributed by atoms with Gasteiger partial charge in [0.25, 0.3) is 0 Å². The molecule has 20 heavy (non-hydrogen) atoms. The number of aromatic nitrogens is 3. The molecule has 0 amide bonds. The predicted molar refractivity (Wildman–Crippen MR) is 80.0 cm³/mol. The van der Waals surface area contributed by atoms with Crippen LogP contribution in [0.15, 0.2) is 37.5 Å². The molecule has 0 saturated heterocycles. The summed E-state index contributed by atoms with van der Waals surface area (Å²) in [5.74, 6) is 0. The average Bonchev–Trinajstić information content (AvgIpc) is 3.17. The van der Waals surface area contributed by atoms with Gasteiger partial charge in [-0.3, -0.25) is 4.57 Å². The van der Waals surface area contributed by atoms with E-state index in [2.05, 4.69) is 26.1 Å². The Labute approximate surface area is 128 Å². The van der Waals surface area contributed by atoms with E-state index in [4.69, 9.17) is 0 Å². The number of benzene rings is 1. The van der Waals surface area contributed by atoms with Gasteiger partial charge in [0.15, 0.2) is 5.16 Å². The van der Waals surface area contributed by atoms with Gasteiger partial charge < -0.3 is 5.11 Å². The fourth-order valence-corrected chi connectivity index (χ4v) is 3.53. The van der Waals surface area contributed by atoms with Crippen LogP contribution < -0.4 is 5.69 Å². The molecule has 7 heteroatoms. The molecule has 1 aliphatic carbocycles. The van der Waals surface area contributed by atoms with Gasteiger partial charge in [-0.15, -0.1) is 5.10 Å². The van der Waals surface area contributed by atoms with Crippen LogP contribution in [0.5, 0.6) is 0 Å². The highest BCUT2D eigenvalue weighted by Gasteiger charge is 2.28. The Morgan fingerprint density at radius 2 is 2.30 bits per heavy atom. The van der Waals surface area contributed by atoms with E-state index >= 15 is 0 Å². The minimum absolute atomic E-state index is 0.147. The molecule has 1 aromatic heterocycles. The number of hydrogen-bond donors (Lipinski definition) is 2. The molecule has 0 radical (unpaired) electrons. The molecule has 1 aromatic carbocycles. The van der Waals surface area contributed by atoms with Gasteiger partial charge in [0.1, 0.15) is 0 Å². The summed E-state index contributed by atoms with van der Waals surface area (Å²) in [6.45, 7) is 1.73. The zero-order chi connectivity index (χ0) is 14.3. The molecular weight excluding hydrogens is 342 g/mol. The van der Waals surface area contributed by atoms with Crippen LogP contribution in [0.3, 0.4) is 0 Å². The molecule has 1 atom stereocenters. The van der Waals surface area contributed by atoms with Crippen LogP contribution in [0.4, 0.5) is 0 Å². The maximum atomic E-state index is 11.7. The van der Waals surface area contributed by atoms with E-state index in [9.17, 15) is 9.90 Å². The second-order valence-corrected chi connectivity index (χ2v) is 6.74. The van der Waals surface area contributed by atoms with Crippen molar-refractivity contribution in [2.24, 2.45) is 0 Å². The smallest absolute Gasteiger partial charge is 0.344 e. The van der Waals surface area contributed by atoms with Crippen molar-refractivity contribution in [3.8, 4) is 0 Å². The first-order valence-electron chi connectivity index (χ1n) is 6.38. The predicted octanol–water partition coefficient (Wildman–Crippen LogP) is 2.87. The molecule has 1 heterocycles. The summed E-state index contributed by atoms with van der Waals surface area (Å²) in [6.07, 6.45) is 1.57. The van der Waals surface area contributed by atoms with Crippen LogP contribution in [0, 0.1) is 0 Å². The monoisotopic (exact) mass is 355 g/mol. The Kier molecular flexibility index (Phi) is 3.74. The molecule has 1 saturated carbocycles. The van der Waals surface area contributed by atoms with Crippen LogP contribution in [0.2, 0.25) is 0 Å². The number of halogens is 1. The molecule has 2 aromatic rings. The van der Waals surface area contributed by atoms with Crippen LogP contribution in [-0.4, -0.2) is 19.9 Å². The van der Waals surface area contributed by atoms with Gasteiger partial charge in [0, 0.05) is 15.4 Å². The van der Waals surface area contributed by atoms with Crippen LogP contribution in [0.25, 0.3) is 0 Å². The lowest BCUT2D eigenvalue weighted by Gasteiger charge is -2.09. The van der Waals surface area contributed by atoms with Crippen molar-refractivity contribution >= 4 is 27.7 Å². The summed E-state index contributed by atoms with van der Waals surface area (Å²) < 4.78 is 2.61. The van der Waals surface area contributed by atoms with E-state index in [0.29, 0.717) is 11.2 Å². The maximum absolute atomic E-state index is 11.7. The van der Waals surface area contributed by atoms with Crippen LogP contribution >= 0.6 is 27.7 Å². The number of hydrogen-bond acceptors (Lipinski definition) is 4.